The first kappa shape index (κ1) is 23.7. The highest BCUT2D eigenvalue weighted by Crippen LogP contribution is 2.48. The summed E-state index contributed by atoms with van der Waals surface area (Å²) in [6.07, 6.45) is 0. The fraction of sp³-hybridized carbons (Fsp3) is 0.200. The van der Waals surface area contributed by atoms with Crippen molar-refractivity contribution in [2.75, 3.05) is 12.4 Å². The van der Waals surface area contributed by atoms with Crippen molar-refractivity contribution >= 4 is 58.7 Å². The van der Waals surface area contributed by atoms with Crippen molar-refractivity contribution in [3.8, 4) is 0 Å². The molecule has 0 spiro atoms. The van der Waals surface area contributed by atoms with Crippen molar-refractivity contribution in [3.05, 3.63) is 68.7 Å². The summed E-state index contributed by atoms with van der Waals surface area (Å²) in [5.41, 5.74) is -2.01. The molecule has 0 aliphatic carbocycles. The molecule has 5 nitrogen and oxygen atoms in total. The maximum atomic E-state index is 13.4. The number of esters is 2. The highest BCUT2D eigenvalue weighted by atomic mass is 35.5. The van der Waals surface area contributed by atoms with Crippen LogP contribution in [0.1, 0.15) is 6.92 Å². The summed E-state index contributed by atoms with van der Waals surface area (Å²) in [5, 5.41) is 10.5. The Labute approximate surface area is 194 Å². The van der Waals surface area contributed by atoms with E-state index in [4.69, 9.17) is 32.7 Å². The van der Waals surface area contributed by atoms with E-state index in [1.807, 2.05) is 0 Å². The Kier molecular flexibility index (Phi) is 7.41. The zero-order chi connectivity index (χ0) is 22.8. The normalized spacial score (nSPS) is 18.3. The number of cyclic esters (lactones) is 1. The zero-order valence-electron chi connectivity index (χ0n) is 15.8. The fourth-order valence-electron chi connectivity index (χ4n) is 2.64. The summed E-state index contributed by atoms with van der Waals surface area (Å²) in [6.45, 7) is 1.55. The van der Waals surface area contributed by atoms with E-state index in [2.05, 4.69) is 0 Å². The number of hydrogen-bond donors (Lipinski definition) is 1. The van der Waals surface area contributed by atoms with Gasteiger partial charge in [0.25, 0.3) is 5.60 Å². The Balaban J connectivity index is 2.01. The van der Waals surface area contributed by atoms with Crippen LogP contribution in [0, 0.1) is 11.6 Å². The summed E-state index contributed by atoms with van der Waals surface area (Å²) in [7, 11) is 0. The Hall–Kier alpha value is -1.94. The van der Waals surface area contributed by atoms with Crippen molar-refractivity contribution < 1.29 is 33.0 Å². The van der Waals surface area contributed by atoms with E-state index in [-0.39, 0.29) is 32.2 Å². The second kappa shape index (κ2) is 9.68. The van der Waals surface area contributed by atoms with Crippen LogP contribution in [-0.4, -0.2) is 35.0 Å². The summed E-state index contributed by atoms with van der Waals surface area (Å²) in [4.78, 5) is 25.7. The summed E-state index contributed by atoms with van der Waals surface area (Å²) < 4.78 is 37.2. The number of halogens is 4. The molecule has 2 aromatic rings. The second-order valence-electron chi connectivity index (χ2n) is 6.15. The van der Waals surface area contributed by atoms with Gasteiger partial charge in [0.15, 0.2) is 0 Å². The van der Waals surface area contributed by atoms with E-state index in [1.54, 1.807) is 6.92 Å². The predicted octanol–water partition coefficient (Wildman–Crippen LogP) is 5.78. The molecule has 0 radical (unpaired) electrons. The second-order valence-corrected chi connectivity index (χ2v) is 9.04. The lowest BCUT2D eigenvalue weighted by molar-refractivity contribution is -0.169. The number of ether oxygens (including phenoxy) is 2. The van der Waals surface area contributed by atoms with E-state index in [1.165, 1.54) is 18.2 Å². The van der Waals surface area contributed by atoms with Gasteiger partial charge < -0.3 is 14.6 Å². The Bertz CT molecular complexity index is 1080. The molecule has 0 aromatic heterocycles. The molecule has 1 unspecified atom stereocenters. The molecule has 1 heterocycles. The van der Waals surface area contributed by atoms with Gasteiger partial charge in [-0.2, -0.15) is 0 Å². The molecule has 1 atom stereocenters. The van der Waals surface area contributed by atoms with E-state index >= 15 is 0 Å². The van der Waals surface area contributed by atoms with Crippen LogP contribution in [0.15, 0.2) is 56.9 Å². The van der Waals surface area contributed by atoms with E-state index in [0.717, 1.165) is 41.7 Å². The summed E-state index contributed by atoms with van der Waals surface area (Å²) in [5.74, 6) is -4.18. The number of rotatable bonds is 7. The third kappa shape index (κ3) is 4.95. The molecule has 31 heavy (non-hydrogen) atoms. The molecule has 1 aliphatic rings. The van der Waals surface area contributed by atoms with Gasteiger partial charge in [-0.1, -0.05) is 35.0 Å². The number of carbonyl (C=O) groups is 2. The summed E-state index contributed by atoms with van der Waals surface area (Å²) >= 11 is 13.9. The standard InChI is InChI=1S/C20H14Cl2F2O5S2/c1-2-28-19(27)20(9-30-14-5-3-10(23)7-12(14)21)17(16(25)18(26)29-20)31-15-6-4-11(24)8-13(15)22/h3-8,25H,2,9H2,1H3. The maximum absolute atomic E-state index is 13.4. The zero-order valence-corrected chi connectivity index (χ0v) is 18.9. The van der Waals surface area contributed by atoms with Gasteiger partial charge in [0.2, 0.25) is 5.76 Å². The predicted molar refractivity (Wildman–Crippen MR) is 115 cm³/mol. The quantitative estimate of drug-likeness (QED) is 0.376. The third-order valence-corrected chi connectivity index (χ3v) is 7.45. The molecular formula is C20H14Cl2F2O5S2. The van der Waals surface area contributed by atoms with Gasteiger partial charge in [-0.3, -0.25) is 0 Å². The maximum Gasteiger partial charge on any atom is 0.375 e. The fourth-order valence-corrected chi connectivity index (χ4v) is 5.44. The van der Waals surface area contributed by atoms with Gasteiger partial charge >= 0.3 is 11.9 Å². The number of carbonyl (C=O) groups excluding carboxylic acids is 2. The van der Waals surface area contributed by atoms with Crippen LogP contribution in [0.4, 0.5) is 8.78 Å². The molecule has 0 bridgehead atoms. The minimum atomic E-state index is -2.01. The molecule has 2 aromatic carbocycles. The Morgan fingerprint density at radius 3 is 2.26 bits per heavy atom. The largest absolute Gasteiger partial charge is 0.501 e. The van der Waals surface area contributed by atoms with Gasteiger partial charge in [-0.05, 0) is 43.3 Å². The Morgan fingerprint density at radius 1 is 1.13 bits per heavy atom. The third-order valence-electron chi connectivity index (χ3n) is 4.08. The summed E-state index contributed by atoms with van der Waals surface area (Å²) in [6, 6.07) is 7.23. The minimum absolute atomic E-state index is 0.0108. The van der Waals surface area contributed by atoms with Gasteiger partial charge in [-0.25, -0.2) is 18.4 Å². The molecule has 0 saturated carbocycles. The van der Waals surface area contributed by atoms with Crippen LogP contribution in [0.25, 0.3) is 0 Å². The molecule has 164 valence electrons. The minimum Gasteiger partial charge on any atom is -0.501 e. The van der Waals surface area contributed by atoms with E-state index < -0.39 is 34.9 Å². The molecule has 3 rings (SSSR count). The molecule has 1 N–H and O–H groups in total. The van der Waals surface area contributed by atoms with Gasteiger partial charge in [-0.15, -0.1) is 11.8 Å². The van der Waals surface area contributed by atoms with Crippen molar-refractivity contribution in [3.63, 3.8) is 0 Å². The highest BCUT2D eigenvalue weighted by Gasteiger charge is 2.56. The average molecular weight is 507 g/mol. The van der Waals surface area contributed by atoms with Crippen LogP contribution in [0.5, 0.6) is 0 Å². The molecule has 0 amide bonds. The average Bonchev–Trinajstić information content (AvgIpc) is 2.95. The van der Waals surface area contributed by atoms with Crippen LogP contribution in [0.2, 0.25) is 10.0 Å². The van der Waals surface area contributed by atoms with E-state index in [9.17, 15) is 23.5 Å². The molecule has 1 aliphatic heterocycles. The number of thioether (sulfide) groups is 2. The van der Waals surface area contributed by atoms with Crippen molar-refractivity contribution in [2.24, 2.45) is 0 Å². The number of hydrogen-bond acceptors (Lipinski definition) is 7. The van der Waals surface area contributed by atoms with Crippen LogP contribution in [-0.2, 0) is 19.1 Å². The van der Waals surface area contributed by atoms with Crippen molar-refractivity contribution in [2.45, 2.75) is 22.3 Å². The molecular weight excluding hydrogens is 493 g/mol. The van der Waals surface area contributed by atoms with E-state index in [0.29, 0.717) is 4.90 Å². The van der Waals surface area contributed by atoms with Gasteiger partial charge in [0.05, 0.1) is 27.3 Å². The Morgan fingerprint density at radius 2 is 1.71 bits per heavy atom. The number of aliphatic hydroxyl groups is 1. The molecule has 11 heteroatoms. The lowest BCUT2D eigenvalue weighted by Crippen LogP contribution is -2.44. The lowest BCUT2D eigenvalue weighted by Gasteiger charge is -2.27. The smallest absolute Gasteiger partial charge is 0.375 e. The first-order valence-electron chi connectivity index (χ1n) is 8.73. The first-order chi connectivity index (χ1) is 14.7. The molecule has 0 saturated heterocycles. The van der Waals surface area contributed by atoms with Gasteiger partial charge in [0.1, 0.15) is 11.6 Å². The lowest BCUT2D eigenvalue weighted by atomic mass is 10.1. The van der Waals surface area contributed by atoms with Crippen LogP contribution < -0.4 is 0 Å². The topological polar surface area (TPSA) is 72.8 Å². The van der Waals surface area contributed by atoms with Crippen LogP contribution >= 0.6 is 46.7 Å². The van der Waals surface area contributed by atoms with Gasteiger partial charge in [0, 0.05) is 9.79 Å². The van der Waals surface area contributed by atoms with Crippen molar-refractivity contribution in [1.82, 2.24) is 0 Å². The monoisotopic (exact) mass is 506 g/mol. The SMILES string of the molecule is CCOC(=O)C1(CSc2ccc(F)cc2Cl)OC(=O)C(O)=C1Sc1ccc(F)cc1Cl. The highest BCUT2D eigenvalue weighted by molar-refractivity contribution is 8.03. The molecule has 0 fully saturated rings. The number of aliphatic hydroxyl groups excluding tert-OH is 1. The number of benzene rings is 2. The van der Waals surface area contributed by atoms with Crippen molar-refractivity contribution in [1.29, 1.82) is 0 Å². The van der Waals surface area contributed by atoms with Crippen LogP contribution in [0.3, 0.4) is 0 Å². The first-order valence-corrected chi connectivity index (χ1v) is 11.3.